The summed E-state index contributed by atoms with van der Waals surface area (Å²) in [4.78, 5) is 28.9. The number of aromatic amines is 1. The van der Waals surface area contributed by atoms with E-state index in [4.69, 9.17) is 4.74 Å². The molecule has 0 radical (unpaired) electrons. The molecule has 0 aliphatic carbocycles. The van der Waals surface area contributed by atoms with Crippen LogP contribution >= 0.6 is 11.3 Å². The average molecular weight is 307 g/mol. The zero-order valence-electron chi connectivity index (χ0n) is 11.9. The van der Waals surface area contributed by atoms with Crippen molar-refractivity contribution in [2.75, 3.05) is 20.7 Å². The highest BCUT2D eigenvalue weighted by molar-refractivity contribution is 7.17. The van der Waals surface area contributed by atoms with Gasteiger partial charge in [0, 0.05) is 12.6 Å². The molecular formula is C14H17N3O3S. The fourth-order valence-corrected chi connectivity index (χ4v) is 3.53. The van der Waals surface area contributed by atoms with Gasteiger partial charge in [0.15, 0.2) is 0 Å². The third kappa shape index (κ3) is 2.66. The highest BCUT2D eigenvalue weighted by Gasteiger charge is 2.36. The summed E-state index contributed by atoms with van der Waals surface area (Å²) < 4.78 is 5.84. The number of carbonyl (C=O) groups is 2. The summed E-state index contributed by atoms with van der Waals surface area (Å²) in [6.07, 6.45) is 0.573. The van der Waals surface area contributed by atoms with Crippen molar-refractivity contribution in [3.63, 3.8) is 0 Å². The molecule has 1 aliphatic heterocycles. The van der Waals surface area contributed by atoms with Crippen LogP contribution in [-0.4, -0.2) is 54.5 Å². The maximum absolute atomic E-state index is 12.2. The van der Waals surface area contributed by atoms with Crippen LogP contribution in [0, 0.1) is 0 Å². The van der Waals surface area contributed by atoms with E-state index in [9.17, 15) is 9.59 Å². The molecule has 1 aliphatic rings. The minimum Gasteiger partial charge on any atom is -0.468 e. The first-order valence-electron chi connectivity index (χ1n) is 6.73. The Kier molecular flexibility index (Phi) is 3.69. The van der Waals surface area contributed by atoms with Crippen LogP contribution in [0.4, 0.5) is 0 Å². The first-order chi connectivity index (χ1) is 10.1. The van der Waals surface area contributed by atoms with Crippen molar-refractivity contribution in [2.24, 2.45) is 0 Å². The summed E-state index contributed by atoms with van der Waals surface area (Å²) in [6.45, 7) is 0.639. The number of fused-ring (bicyclic) bond motifs is 1. The van der Waals surface area contributed by atoms with Crippen molar-refractivity contribution in [3.8, 4) is 0 Å². The predicted octanol–water partition coefficient (Wildman–Crippen LogP) is 1.20. The number of hydrogen-bond acceptors (Lipinski definition) is 5. The Labute approximate surface area is 126 Å². The number of nitrogens with zero attached hydrogens (tertiary/aromatic N) is 1. The Balaban J connectivity index is 1.65. The molecule has 1 amide bonds. The Morgan fingerprint density at radius 3 is 3.05 bits per heavy atom. The van der Waals surface area contributed by atoms with Gasteiger partial charge in [0.05, 0.1) is 17.3 Å². The van der Waals surface area contributed by atoms with Gasteiger partial charge in [0.25, 0.3) is 5.91 Å². The number of thiophene rings is 1. The first-order valence-corrected chi connectivity index (χ1v) is 7.61. The number of ether oxygens (including phenoxy) is 1. The summed E-state index contributed by atoms with van der Waals surface area (Å²) in [6, 6.07) is 3.47. The Hall–Kier alpha value is -1.86. The maximum Gasteiger partial charge on any atom is 0.323 e. The van der Waals surface area contributed by atoms with Crippen molar-refractivity contribution in [1.29, 1.82) is 0 Å². The molecule has 0 aromatic carbocycles. The lowest BCUT2D eigenvalue weighted by molar-refractivity contribution is -0.145. The zero-order chi connectivity index (χ0) is 15.0. The lowest BCUT2D eigenvalue weighted by Gasteiger charge is -2.15. The van der Waals surface area contributed by atoms with Gasteiger partial charge in [0.1, 0.15) is 11.7 Å². The normalized spacial score (nSPS) is 22.6. The summed E-state index contributed by atoms with van der Waals surface area (Å²) in [5.41, 5.74) is 1.53. The van der Waals surface area contributed by atoms with Crippen molar-refractivity contribution < 1.29 is 14.3 Å². The fourth-order valence-electron chi connectivity index (χ4n) is 2.75. The predicted molar refractivity (Wildman–Crippen MR) is 80.5 cm³/mol. The summed E-state index contributed by atoms with van der Waals surface area (Å²) in [5.74, 6) is -0.392. The van der Waals surface area contributed by atoms with E-state index in [0.29, 0.717) is 18.7 Å². The van der Waals surface area contributed by atoms with Crippen LogP contribution < -0.4 is 5.32 Å². The standard InChI is InChI=1S/C14H17N3O3S/c1-17-7-8(5-11(17)14(19)20-2)15-13(18)10-6-12-9(16-10)3-4-21-12/h3-4,6,8,11,16H,5,7H2,1-2H3,(H,15,18)/t8-,11-/m0/s1. The maximum atomic E-state index is 12.2. The molecule has 112 valence electrons. The summed E-state index contributed by atoms with van der Waals surface area (Å²) in [7, 11) is 3.24. The topological polar surface area (TPSA) is 74.4 Å². The van der Waals surface area contributed by atoms with Gasteiger partial charge >= 0.3 is 5.97 Å². The smallest absolute Gasteiger partial charge is 0.323 e. The summed E-state index contributed by atoms with van der Waals surface area (Å²) >= 11 is 1.60. The number of esters is 1. The lowest BCUT2D eigenvalue weighted by Crippen LogP contribution is -2.36. The van der Waals surface area contributed by atoms with Crippen molar-refractivity contribution in [1.82, 2.24) is 15.2 Å². The molecular weight excluding hydrogens is 290 g/mol. The van der Waals surface area contributed by atoms with Gasteiger partial charge in [-0.2, -0.15) is 0 Å². The molecule has 2 atom stereocenters. The molecule has 0 saturated carbocycles. The zero-order valence-corrected chi connectivity index (χ0v) is 12.7. The quantitative estimate of drug-likeness (QED) is 0.836. The molecule has 2 N–H and O–H groups in total. The number of rotatable bonds is 3. The van der Waals surface area contributed by atoms with Gasteiger partial charge in [0.2, 0.25) is 0 Å². The summed E-state index contributed by atoms with van der Waals surface area (Å²) in [5, 5.41) is 4.95. The average Bonchev–Trinajstić information content (AvgIpc) is 3.11. The Morgan fingerprint density at radius 1 is 1.52 bits per heavy atom. The lowest BCUT2D eigenvalue weighted by atomic mass is 10.1. The Bertz CT molecular complexity index is 649. The number of hydrogen-bond donors (Lipinski definition) is 2. The number of amides is 1. The van der Waals surface area contributed by atoms with E-state index in [2.05, 4.69) is 10.3 Å². The van der Waals surface area contributed by atoms with Crippen LogP contribution in [0.15, 0.2) is 17.5 Å². The van der Waals surface area contributed by atoms with Gasteiger partial charge in [-0.25, -0.2) is 0 Å². The second-order valence-corrected chi connectivity index (χ2v) is 6.21. The highest BCUT2D eigenvalue weighted by Crippen LogP contribution is 2.22. The second-order valence-electron chi connectivity index (χ2n) is 5.27. The molecule has 2 aromatic rings. The number of likely N-dealkylation sites (N-methyl/N-ethyl adjacent to an activating group) is 1. The van der Waals surface area contributed by atoms with E-state index in [1.54, 1.807) is 11.3 Å². The molecule has 6 nitrogen and oxygen atoms in total. The molecule has 7 heteroatoms. The highest BCUT2D eigenvalue weighted by atomic mass is 32.1. The van der Waals surface area contributed by atoms with Gasteiger partial charge in [-0.05, 0) is 31.0 Å². The number of nitrogens with one attached hydrogen (secondary N) is 2. The van der Waals surface area contributed by atoms with Crippen LogP contribution in [0.2, 0.25) is 0 Å². The molecule has 1 saturated heterocycles. The monoisotopic (exact) mass is 307 g/mol. The Morgan fingerprint density at radius 2 is 2.33 bits per heavy atom. The molecule has 0 spiro atoms. The van der Waals surface area contributed by atoms with Crippen LogP contribution in [-0.2, 0) is 9.53 Å². The van der Waals surface area contributed by atoms with Crippen LogP contribution in [0.25, 0.3) is 10.2 Å². The largest absolute Gasteiger partial charge is 0.468 e. The van der Waals surface area contributed by atoms with E-state index >= 15 is 0 Å². The molecule has 1 fully saturated rings. The van der Waals surface area contributed by atoms with Crippen molar-refractivity contribution in [3.05, 3.63) is 23.2 Å². The van der Waals surface area contributed by atoms with Crippen molar-refractivity contribution >= 4 is 33.4 Å². The first kappa shape index (κ1) is 14.1. The van der Waals surface area contributed by atoms with Gasteiger partial charge in [-0.15, -0.1) is 11.3 Å². The van der Waals surface area contributed by atoms with Crippen LogP contribution in [0.1, 0.15) is 16.9 Å². The number of carbonyl (C=O) groups excluding carboxylic acids is 2. The number of likely N-dealkylation sites (tertiary alicyclic amines) is 1. The van der Waals surface area contributed by atoms with Crippen LogP contribution in [0.3, 0.4) is 0 Å². The second kappa shape index (κ2) is 5.50. The van der Waals surface area contributed by atoms with E-state index in [0.717, 1.165) is 10.2 Å². The van der Waals surface area contributed by atoms with Crippen LogP contribution in [0.5, 0.6) is 0 Å². The molecule has 2 aromatic heterocycles. The molecule has 0 unspecified atom stereocenters. The minimum atomic E-state index is -0.285. The van der Waals surface area contributed by atoms with Gasteiger partial charge in [-0.1, -0.05) is 0 Å². The number of methoxy groups -OCH3 is 1. The molecule has 3 rings (SSSR count). The minimum absolute atomic E-state index is 0.0482. The van der Waals surface area contributed by atoms with Gasteiger partial charge in [-0.3, -0.25) is 14.5 Å². The van der Waals surface area contributed by atoms with E-state index in [-0.39, 0.29) is 24.0 Å². The van der Waals surface area contributed by atoms with Crippen molar-refractivity contribution in [2.45, 2.75) is 18.5 Å². The molecule has 21 heavy (non-hydrogen) atoms. The molecule has 0 bridgehead atoms. The van der Waals surface area contributed by atoms with E-state index in [1.807, 2.05) is 29.5 Å². The molecule has 3 heterocycles. The third-order valence-corrected chi connectivity index (χ3v) is 4.71. The SMILES string of the molecule is COC(=O)[C@@H]1C[C@H](NC(=O)c2cc3sccc3[nH]2)CN1C. The van der Waals surface area contributed by atoms with E-state index < -0.39 is 0 Å². The number of aromatic nitrogens is 1. The van der Waals surface area contributed by atoms with Gasteiger partial charge < -0.3 is 15.0 Å². The van der Waals surface area contributed by atoms with E-state index in [1.165, 1.54) is 7.11 Å². The fraction of sp³-hybridized carbons (Fsp3) is 0.429. The number of H-pyrrole nitrogens is 1. The third-order valence-electron chi connectivity index (χ3n) is 3.84.